The largest absolute Gasteiger partial charge is 0.493 e. The van der Waals surface area contributed by atoms with Gasteiger partial charge >= 0.3 is 6.18 Å². The van der Waals surface area contributed by atoms with Gasteiger partial charge in [0.2, 0.25) is 5.82 Å². The molecule has 1 aromatic heterocycles. The summed E-state index contributed by atoms with van der Waals surface area (Å²) >= 11 is 0. The van der Waals surface area contributed by atoms with Gasteiger partial charge in [0, 0.05) is 17.4 Å². The molecule has 1 aliphatic rings. The van der Waals surface area contributed by atoms with Gasteiger partial charge in [-0.1, -0.05) is 13.0 Å². The van der Waals surface area contributed by atoms with Gasteiger partial charge in [-0.2, -0.15) is 17.6 Å². The van der Waals surface area contributed by atoms with Crippen LogP contribution in [0.3, 0.4) is 0 Å². The van der Waals surface area contributed by atoms with E-state index in [0.29, 0.717) is 0 Å². The smallest absolute Gasteiger partial charge is 0.417 e. The maximum Gasteiger partial charge on any atom is 0.417 e. The molecule has 0 bridgehead atoms. The number of alkyl halides is 4. The van der Waals surface area contributed by atoms with Gasteiger partial charge < -0.3 is 19.9 Å². The lowest BCUT2D eigenvalue weighted by molar-refractivity contribution is -0.272. The predicted octanol–water partition coefficient (Wildman–Crippen LogP) is 3.84. The molecule has 1 amide bonds. The zero-order valence-corrected chi connectivity index (χ0v) is 18.2. The Bertz CT molecular complexity index is 1050. The van der Waals surface area contributed by atoms with E-state index in [1.54, 1.807) is 0 Å². The Kier molecular flexibility index (Phi) is 7.08. The summed E-state index contributed by atoms with van der Waals surface area (Å²) in [5.41, 5.74) is -3.08. The number of nitrogens with zero attached hydrogens (tertiary/aromatic N) is 2. The minimum atomic E-state index is -4.91. The minimum absolute atomic E-state index is 0.0910. The van der Waals surface area contributed by atoms with Gasteiger partial charge in [0.1, 0.15) is 6.10 Å². The molecule has 1 aromatic carbocycles. The summed E-state index contributed by atoms with van der Waals surface area (Å²) in [6.07, 6.45) is -6.57. The van der Waals surface area contributed by atoms with Gasteiger partial charge in [0.05, 0.1) is 31.8 Å². The molecule has 2 aromatic rings. The second-order valence-corrected chi connectivity index (χ2v) is 7.91. The van der Waals surface area contributed by atoms with Crippen LogP contribution in [0.2, 0.25) is 0 Å². The van der Waals surface area contributed by atoms with E-state index in [4.69, 9.17) is 14.6 Å². The zero-order chi connectivity index (χ0) is 25.4. The zero-order valence-electron chi connectivity index (χ0n) is 18.2. The molecule has 0 saturated carbocycles. The van der Waals surface area contributed by atoms with Crippen LogP contribution in [-0.4, -0.2) is 52.6 Å². The van der Waals surface area contributed by atoms with Crippen molar-refractivity contribution in [3.05, 3.63) is 47.5 Å². The summed E-state index contributed by atoms with van der Waals surface area (Å²) in [6, 6.07) is 1.76. The first kappa shape index (κ1) is 25.7. The van der Waals surface area contributed by atoms with Crippen LogP contribution in [0.4, 0.5) is 32.0 Å². The number of carbonyl (C=O) groups excluding carboxylic acids is 1. The Morgan fingerprint density at radius 1 is 1.29 bits per heavy atom. The lowest BCUT2D eigenvalue weighted by Crippen LogP contribution is -2.47. The molecule has 0 aliphatic carbocycles. The summed E-state index contributed by atoms with van der Waals surface area (Å²) in [6.45, 7) is 1.08. The van der Waals surface area contributed by atoms with Crippen molar-refractivity contribution in [2.75, 3.05) is 19.0 Å². The first-order chi connectivity index (χ1) is 15.9. The molecule has 34 heavy (non-hydrogen) atoms. The van der Waals surface area contributed by atoms with Crippen molar-refractivity contribution in [3.8, 4) is 5.75 Å². The van der Waals surface area contributed by atoms with Crippen molar-refractivity contribution in [2.24, 2.45) is 5.92 Å². The average molecular weight is 493 g/mol. The molecule has 1 fully saturated rings. The first-order valence-corrected chi connectivity index (χ1v) is 9.99. The van der Waals surface area contributed by atoms with E-state index >= 15 is 0 Å². The lowest BCUT2D eigenvalue weighted by Gasteiger charge is -2.32. The fourth-order valence-electron chi connectivity index (χ4n) is 3.90. The van der Waals surface area contributed by atoms with Crippen LogP contribution in [0.15, 0.2) is 24.5 Å². The van der Waals surface area contributed by atoms with E-state index in [-0.39, 0.29) is 17.1 Å². The third-order valence-corrected chi connectivity index (χ3v) is 5.95. The van der Waals surface area contributed by atoms with Gasteiger partial charge in [-0.25, -0.2) is 18.7 Å². The molecular weight excluding hydrogens is 472 g/mol. The number of aliphatic hydroxyl groups excluding tert-OH is 1. The molecule has 3 rings (SSSR count). The van der Waals surface area contributed by atoms with Gasteiger partial charge in [0.25, 0.3) is 5.91 Å². The van der Waals surface area contributed by atoms with Crippen LogP contribution >= 0.6 is 0 Å². The van der Waals surface area contributed by atoms with Gasteiger partial charge in [0.15, 0.2) is 29.2 Å². The SMILES string of the molecule is COc1c([C@H]2[C@H](C(=O)Nc3cnc([C@H](F)CO)nc3)O[C@@](C)(C(F)(F)F)[C@H]2C)ccc(F)c1F. The molecule has 13 heteroatoms. The fourth-order valence-corrected chi connectivity index (χ4v) is 3.90. The number of amides is 1. The number of hydrogen-bond acceptors (Lipinski definition) is 6. The van der Waals surface area contributed by atoms with E-state index in [1.165, 1.54) is 6.92 Å². The number of ether oxygens (including phenoxy) is 2. The number of hydrogen-bond donors (Lipinski definition) is 2. The summed E-state index contributed by atoms with van der Waals surface area (Å²) < 4.78 is 93.5. The van der Waals surface area contributed by atoms with Crippen LogP contribution in [0, 0.1) is 17.6 Å². The Morgan fingerprint density at radius 3 is 2.44 bits per heavy atom. The number of rotatable bonds is 6. The number of anilines is 1. The third kappa shape index (κ3) is 4.41. The summed E-state index contributed by atoms with van der Waals surface area (Å²) in [7, 11) is 1.02. The van der Waals surface area contributed by atoms with E-state index in [0.717, 1.165) is 38.6 Å². The monoisotopic (exact) mass is 493 g/mol. The quantitative estimate of drug-likeness (QED) is 0.594. The molecule has 2 heterocycles. The van der Waals surface area contributed by atoms with Crippen molar-refractivity contribution >= 4 is 11.6 Å². The molecule has 7 nitrogen and oxygen atoms in total. The highest BCUT2D eigenvalue weighted by Crippen LogP contribution is 2.55. The van der Waals surface area contributed by atoms with Gasteiger partial charge in [-0.15, -0.1) is 0 Å². The molecule has 0 unspecified atom stereocenters. The molecule has 1 saturated heterocycles. The topological polar surface area (TPSA) is 93.6 Å². The predicted molar refractivity (Wildman–Crippen MR) is 106 cm³/mol. The highest BCUT2D eigenvalue weighted by Gasteiger charge is 2.65. The van der Waals surface area contributed by atoms with Crippen molar-refractivity contribution in [1.29, 1.82) is 0 Å². The normalized spacial score (nSPS) is 25.8. The summed E-state index contributed by atoms with van der Waals surface area (Å²) in [5, 5.41) is 11.1. The Hall–Kier alpha value is -2.93. The number of methoxy groups -OCH3 is 1. The Labute approximate surface area is 190 Å². The van der Waals surface area contributed by atoms with Crippen LogP contribution in [-0.2, 0) is 9.53 Å². The molecule has 1 aliphatic heterocycles. The molecule has 186 valence electrons. The molecule has 5 atom stereocenters. The standard InChI is InChI=1S/C21H21F6N3O4/c1-9-14(11-4-5-12(22)15(24)16(11)33-3)17(34-20(9,2)21(25,26)27)19(32)30-10-6-28-18(29-7-10)13(23)8-31/h4-7,9,13-14,17,31H,8H2,1-3H3,(H,30,32)/t9-,13+,14-,17+,20+/m0/s1. The van der Waals surface area contributed by atoms with Crippen molar-refractivity contribution < 1.29 is 45.7 Å². The van der Waals surface area contributed by atoms with Crippen molar-refractivity contribution in [3.63, 3.8) is 0 Å². The Morgan fingerprint density at radius 2 is 1.91 bits per heavy atom. The lowest BCUT2D eigenvalue weighted by atomic mass is 9.77. The van der Waals surface area contributed by atoms with Gasteiger partial charge in [-0.05, 0) is 13.0 Å². The van der Waals surface area contributed by atoms with Crippen molar-refractivity contribution in [1.82, 2.24) is 9.97 Å². The average Bonchev–Trinajstić information content (AvgIpc) is 3.07. The Balaban J connectivity index is 2.01. The van der Waals surface area contributed by atoms with Crippen LogP contribution < -0.4 is 10.1 Å². The molecular formula is C21H21F6N3O4. The molecule has 0 spiro atoms. The number of carbonyl (C=O) groups is 1. The van der Waals surface area contributed by atoms with E-state index < -0.39 is 65.8 Å². The van der Waals surface area contributed by atoms with E-state index in [9.17, 15) is 31.1 Å². The van der Waals surface area contributed by atoms with Crippen LogP contribution in [0.25, 0.3) is 0 Å². The van der Waals surface area contributed by atoms with E-state index in [2.05, 4.69) is 15.3 Å². The van der Waals surface area contributed by atoms with E-state index in [1.807, 2.05) is 0 Å². The number of benzene rings is 1. The van der Waals surface area contributed by atoms with Crippen LogP contribution in [0.1, 0.15) is 37.3 Å². The first-order valence-electron chi connectivity index (χ1n) is 9.99. The second-order valence-electron chi connectivity index (χ2n) is 7.91. The molecule has 2 N–H and O–H groups in total. The number of aliphatic hydroxyl groups is 1. The number of nitrogens with one attached hydrogen (secondary N) is 1. The highest BCUT2D eigenvalue weighted by molar-refractivity contribution is 5.95. The second kappa shape index (κ2) is 9.37. The van der Waals surface area contributed by atoms with Crippen molar-refractivity contribution in [2.45, 2.75) is 43.8 Å². The third-order valence-electron chi connectivity index (χ3n) is 5.95. The minimum Gasteiger partial charge on any atom is -0.493 e. The summed E-state index contributed by atoms with van der Waals surface area (Å²) in [5.74, 6) is -7.56. The maximum atomic E-state index is 14.3. The number of aromatic nitrogens is 2. The van der Waals surface area contributed by atoms with Gasteiger partial charge in [-0.3, -0.25) is 4.79 Å². The highest BCUT2D eigenvalue weighted by atomic mass is 19.4. The number of halogens is 6. The fraction of sp³-hybridized carbons (Fsp3) is 0.476. The summed E-state index contributed by atoms with van der Waals surface area (Å²) in [4.78, 5) is 20.3. The molecule has 0 radical (unpaired) electrons. The maximum absolute atomic E-state index is 14.3. The van der Waals surface area contributed by atoms with Crippen LogP contribution in [0.5, 0.6) is 5.75 Å².